The van der Waals surface area contributed by atoms with Gasteiger partial charge in [-0.3, -0.25) is 0 Å². The molecule has 2 aromatic heterocycles. The molecule has 2 heterocycles. The zero-order valence-corrected chi connectivity index (χ0v) is 8.82. The average Bonchev–Trinajstić information content (AvgIpc) is 2.57. The Morgan fingerprint density at radius 1 is 1.67 bits per heavy atom. The second-order valence-corrected chi connectivity index (χ2v) is 3.92. The van der Waals surface area contributed by atoms with Crippen molar-refractivity contribution < 1.29 is 0 Å². The predicted molar refractivity (Wildman–Crippen MR) is 57.4 cm³/mol. The predicted octanol–water partition coefficient (Wildman–Crippen LogP) is 0.457. The van der Waals surface area contributed by atoms with Gasteiger partial charge in [-0.15, -0.1) is 16.7 Å². The summed E-state index contributed by atoms with van der Waals surface area (Å²) in [4.78, 5) is 11.2. The van der Waals surface area contributed by atoms with Crippen molar-refractivity contribution in [2.45, 2.75) is 12.3 Å². The number of aromatic amines is 1. The van der Waals surface area contributed by atoms with E-state index in [0.717, 1.165) is 0 Å². The van der Waals surface area contributed by atoms with Gasteiger partial charge < -0.3 is 5.32 Å². The first-order chi connectivity index (χ1) is 7.16. The number of rotatable bonds is 3. The van der Waals surface area contributed by atoms with Crippen LogP contribution < -0.4 is 11.0 Å². The van der Waals surface area contributed by atoms with E-state index in [1.54, 1.807) is 12.1 Å². The summed E-state index contributed by atoms with van der Waals surface area (Å²) in [6.07, 6.45) is 0. The van der Waals surface area contributed by atoms with Gasteiger partial charge in [-0.25, -0.2) is 9.89 Å². The summed E-state index contributed by atoms with van der Waals surface area (Å²) in [6, 6.07) is 3.45. The van der Waals surface area contributed by atoms with E-state index >= 15 is 0 Å². The van der Waals surface area contributed by atoms with E-state index in [1.807, 2.05) is 6.92 Å². The lowest BCUT2D eigenvalue weighted by Crippen LogP contribution is -2.16. The average molecular weight is 228 g/mol. The standard InChI is InChI=1S/C8H10ClN5O/c1-5(9)4-10-6-2-3-7-11-12-8(15)14(7)13-6/h2-3,5H,4H2,1H3,(H,10,13)(H,12,15). The number of nitrogens with one attached hydrogen (secondary N) is 2. The summed E-state index contributed by atoms with van der Waals surface area (Å²) in [5, 5.41) is 13.1. The number of hydrogen-bond acceptors (Lipinski definition) is 4. The summed E-state index contributed by atoms with van der Waals surface area (Å²) in [6.45, 7) is 2.46. The summed E-state index contributed by atoms with van der Waals surface area (Å²) in [5.41, 5.74) is 0.136. The van der Waals surface area contributed by atoms with Crippen molar-refractivity contribution in [3.63, 3.8) is 0 Å². The zero-order valence-electron chi connectivity index (χ0n) is 8.07. The van der Waals surface area contributed by atoms with Crippen LogP contribution in [0.25, 0.3) is 5.65 Å². The molecule has 2 rings (SSSR count). The first-order valence-corrected chi connectivity index (χ1v) is 4.93. The van der Waals surface area contributed by atoms with Crippen LogP contribution in [0.4, 0.5) is 5.82 Å². The van der Waals surface area contributed by atoms with Crippen LogP contribution in [0, 0.1) is 0 Å². The Hall–Kier alpha value is -1.56. The Morgan fingerprint density at radius 2 is 2.47 bits per heavy atom. The van der Waals surface area contributed by atoms with Crippen LogP contribution in [0.3, 0.4) is 0 Å². The summed E-state index contributed by atoms with van der Waals surface area (Å²) < 4.78 is 1.20. The molecule has 0 fully saturated rings. The highest BCUT2D eigenvalue weighted by molar-refractivity contribution is 6.20. The third-order valence-electron chi connectivity index (χ3n) is 1.84. The number of H-pyrrole nitrogens is 1. The van der Waals surface area contributed by atoms with Gasteiger partial charge in [-0.2, -0.15) is 9.61 Å². The molecule has 1 unspecified atom stereocenters. The highest BCUT2D eigenvalue weighted by atomic mass is 35.5. The fourth-order valence-electron chi connectivity index (χ4n) is 1.14. The Labute approximate surface area is 90.3 Å². The van der Waals surface area contributed by atoms with Gasteiger partial charge in [-0.1, -0.05) is 0 Å². The van der Waals surface area contributed by atoms with Crippen molar-refractivity contribution in [1.82, 2.24) is 19.8 Å². The minimum Gasteiger partial charge on any atom is -0.367 e. The minimum atomic E-state index is -0.354. The second-order valence-electron chi connectivity index (χ2n) is 3.18. The van der Waals surface area contributed by atoms with E-state index in [2.05, 4.69) is 20.6 Å². The van der Waals surface area contributed by atoms with Gasteiger partial charge in [0.15, 0.2) is 5.65 Å². The first kappa shape index (κ1) is 9.97. The van der Waals surface area contributed by atoms with Gasteiger partial charge in [-0.05, 0) is 19.1 Å². The molecule has 0 aliphatic rings. The van der Waals surface area contributed by atoms with Crippen LogP contribution in [-0.2, 0) is 0 Å². The lowest BCUT2D eigenvalue weighted by molar-refractivity contribution is 0.869. The van der Waals surface area contributed by atoms with Crippen molar-refractivity contribution in [2.75, 3.05) is 11.9 Å². The third kappa shape index (κ3) is 2.10. The largest absolute Gasteiger partial charge is 0.367 e. The Bertz CT molecular complexity index is 517. The lowest BCUT2D eigenvalue weighted by atomic mass is 10.4. The Kier molecular flexibility index (Phi) is 2.59. The van der Waals surface area contributed by atoms with E-state index in [9.17, 15) is 4.79 Å². The Morgan fingerprint density at radius 3 is 3.20 bits per heavy atom. The van der Waals surface area contributed by atoms with E-state index in [4.69, 9.17) is 11.6 Å². The fourth-order valence-corrected chi connectivity index (χ4v) is 1.22. The number of alkyl halides is 1. The molecule has 15 heavy (non-hydrogen) atoms. The van der Waals surface area contributed by atoms with Gasteiger partial charge >= 0.3 is 5.69 Å². The molecule has 0 saturated carbocycles. The third-order valence-corrected chi connectivity index (χ3v) is 1.99. The van der Waals surface area contributed by atoms with Crippen molar-refractivity contribution >= 4 is 23.1 Å². The number of aromatic nitrogens is 4. The van der Waals surface area contributed by atoms with Crippen LogP contribution in [-0.4, -0.2) is 31.7 Å². The smallest absolute Gasteiger partial charge is 0.364 e. The quantitative estimate of drug-likeness (QED) is 0.747. The van der Waals surface area contributed by atoms with Gasteiger partial charge in [0.25, 0.3) is 0 Å². The second kappa shape index (κ2) is 3.90. The zero-order chi connectivity index (χ0) is 10.8. The molecular formula is C8H10ClN5O. The van der Waals surface area contributed by atoms with E-state index < -0.39 is 0 Å². The highest BCUT2D eigenvalue weighted by Crippen LogP contribution is 2.03. The lowest BCUT2D eigenvalue weighted by Gasteiger charge is -2.05. The van der Waals surface area contributed by atoms with Crippen molar-refractivity contribution in [2.24, 2.45) is 0 Å². The molecule has 0 aromatic carbocycles. The molecule has 0 saturated heterocycles. The molecular weight excluding hydrogens is 218 g/mol. The maximum absolute atomic E-state index is 11.2. The molecule has 0 aliphatic heterocycles. The normalized spacial score (nSPS) is 12.9. The summed E-state index contributed by atoms with van der Waals surface area (Å²) in [5.74, 6) is 0.596. The molecule has 1 atom stereocenters. The molecule has 6 nitrogen and oxygen atoms in total. The van der Waals surface area contributed by atoms with Crippen LogP contribution in [0.5, 0.6) is 0 Å². The number of hydrogen-bond donors (Lipinski definition) is 2. The van der Waals surface area contributed by atoms with Crippen LogP contribution in [0.2, 0.25) is 0 Å². The van der Waals surface area contributed by atoms with Gasteiger partial charge in [0.05, 0.1) is 0 Å². The van der Waals surface area contributed by atoms with E-state index in [0.29, 0.717) is 18.0 Å². The molecule has 2 N–H and O–H groups in total. The summed E-state index contributed by atoms with van der Waals surface area (Å²) in [7, 11) is 0. The van der Waals surface area contributed by atoms with Crippen molar-refractivity contribution in [3.8, 4) is 0 Å². The monoisotopic (exact) mass is 227 g/mol. The molecule has 0 spiro atoms. The molecule has 80 valence electrons. The molecule has 2 aromatic rings. The molecule has 7 heteroatoms. The van der Waals surface area contributed by atoms with Crippen molar-refractivity contribution in [3.05, 3.63) is 22.6 Å². The van der Waals surface area contributed by atoms with Crippen LogP contribution in [0.1, 0.15) is 6.92 Å². The number of halogens is 1. The van der Waals surface area contributed by atoms with Gasteiger partial charge in [0.1, 0.15) is 5.82 Å². The highest BCUT2D eigenvalue weighted by Gasteiger charge is 2.03. The number of fused-ring (bicyclic) bond motifs is 1. The van der Waals surface area contributed by atoms with E-state index in [1.165, 1.54) is 4.52 Å². The molecule has 0 amide bonds. The van der Waals surface area contributed by atoms with Crippen LogP contribution >= 0.6 is 11.6 Å². The SMILES string of the molecule is CC(Cl)CNc1ccc2n[nH]c(=O)n2n1. The van der Waals surface area contributed by atoms with Gasteiger partial charge in [0, 0.05) is 11.9 Å². The molecule has 0 bridgehead atoms. The van der Waals surface area contributed by atoms with Gasteiger partial charge in [0.2, 0.25) is 0 Å². The maximum Gasteiger partial charge on any atom is 0.364 e. The number of anilines is 1. The van der Waals surface area contributed by atoms with E-state index in [-0.39, 0.29) is 11.1 Å². The van der Waals surface area contributed by atoms with Crippen molar-refractivity contribution in [1.29, 1.82) is 0 Å². The Balaban J connectivity index is 2.29. The number of nitrogens with zero attached hydrogens (tertiary/aromatic N) is 3. The minimum absolute atomic E-state index is 0.00330. The topological polar surface area (TPSA) is 75.1 Å². The molecule has 0 radical (unpaired) electrons. The fraction of sp³-hybridized carbons (Fsp3) is 0.375. The van der Waals surface area contributed by atoms with Crippen LogP contribution in [0.15, 0.2) is 16.9 Å². The molecule has 0 aliphatic carbocycles. The maximum atomic E-state index is 11.2. The summed E-state index contributed by atoms with van der Waals surface area (Å²) >= 11 is 5.78. The first-order valence-electron chi connectivity index (χ1n) is 4.49.